The van der Waals surface area contributed by atoms with Gasteiger partial charge in [-0.2, -0.15) is 0 Å². The maximum atomic E-state index is 12.9. The summed E-state index contributed by atoms with van der Waals surface area (Å²) in [5, 5.41) is 11.0. The number of hydrogen-bond donors (Lipinski definition) is 2. The van der Waals surface area contributed by atoms with Crippen LogP contribution in [0, 0.1) is 0 Å². The van der Waals surface area contributed by atoms with Gasteiger partial charge in [-0.1, -0.05) is 54.6 Å². The van der Waals surface area contributed by atoms with Crippen LogP contribution in [0.3, 0.4) is 0 Å². The Kier molecular flexibility index (Phi) is 5.17. The van der Waals surface area contributed by atoms with Crippen molar-refractivity contribution in [2.75, 3.05) is 17.2 Å². The molecule has 138 valence electrons. The smallest absolute Gasteiger partial charge is 0.256 e. The Morgan fingerprint density at radius 1 is 1.07 bits per heavy atom. The van der Waals surface area contributed by atoms with Crippen molar-refractivity contribution in [2.24, 2.45) is 0 Å². The summed E-state index contributed by atoms with van der Waals surface area (Å²) < 4.78 is 0. The molecule has 0 aliphatic heterocycles. The lowest BCUT2D eigenvalue weighted by Crippen LogP contribution is -2.12. The molecule has 0 fully saturated rings. The van der Waals surface area contributed by atoms with Gasteiger partial charge < -0.3 is 10.6 Å². The number of amides is 1. The minimum absolute atomic E-state index is 0.124. The number of nitrogens with zero attached hydrogens (tertiary/aromatic N) is 1. The lowest BCUT2D eigenvalue weighted by Gasteiger charge is -2.09. The van der Waals surface area contributed by atoms with Crippen molar-refractivity contribution < 1.29 is 4.79 Å². The maximum absolute atomic E-state index is 12.9. The SMILES string of the molecule is C=CCNc1nc(-c2cccc(NC(=O)c3cccc4ccccc34)c2)cs1. The summed E-state index contributed by atoms with van der Waals surface area (Å²) in [6, 6.07) is 21.4. The van der Waals surface area contributed by atoms with Gasteiger partial charge in [0.2, 0.25) is 0 Å². The molecule has 1 amide bonds. The van der Waals surface area contributed by atoms with E-state index in [2.05, 4.69) is 22.2 Å². The third kappa shape index (κ3) is 3.80. The molecule has 1 aromatic heterocycles. The lowest BCUT2D eigenvalue weighted by atomic mass is 10.0. The second kappa shape index (κ2) is 8.06. The second-order valence-corrected chi connectivity index (χ2v) is 7.13. The fraction of sp³-hybridized carbons (Fsp3) is 0.0435. The summed E-state index contributed by atoms with van der Waals surface area (Å²) in [5.74, 6) is -0.124. The zero-order chi connectivity index (χ0) is 19.3. The van der Waals surface area contributed by atoms with Gasteiger partial charge in [0.1, 0.15) is 0 Å². The van der Waals surface area contributed by atoms with Gasteiger partial charge in [-0.3, -0.25) is 4.79 Å². The van der Waals surface area contributed by atoms with Crippen molar-refractivity contribution in [1.82, 2.24) is 4.98 Å². The van der Waals surface area contributed by atoms with Gasteiger partial charge in [0.15, 0.2) is 5.13 Å². The Bertz CT molecular complexity index is 1140. The summed E-state index contributed by atoms with van der Waals surface area (Å²) in [5.41, 5.74) is 3.23. The summed E-state index contributed by atoms with van der Waals surface area (Å²) in [6.45, 7) is 4.37. The van der Waals surface area contributed by atoms with Gasteiger partial charge in [-0.05, 0) is 29.0 Å². The van der Waals surface area contributed by atoms with E-state index in [4.69, 9.17) is 0 Å². The molecular weight excluding hydrogens is 366 g/mol. The summed E-state index contributed by atoms with van der Waals surface area (Å²) in [6.07, 6.45) is 1.80. The molecule has 0 radical (unpaired) electrons. The van der Waals surface area contributed by atoms with E-state index in [1.807, 2.05) is 72.1 Å². The number of nitrogens with one attached hydrogen (secondary N) is 2. The van der Waals surface area contributed by atoms with Gasteiger partial charge in [0.05, 0.1) is 5.69 Å². The van der Waals surface area contributed by atoms with E-state index in [0.717, 1.165) is 32.8 Å². The van der Waals surface area contributed by atoms with Crippen molar-refractivity contribution in [3.8, 4) is 11.3 Å². The van der Waals surface area contributed by atoms with Crippen LogP contribution < -0.4 is 10.6 Å². The Labute approximate surface area is 167 Å². The molecule has 4 rings (SSSR count). The van der Waals surface area contributed by atoms with Crippen LogP contribution in [0.25, 0.3) is 22.0 Å². The summed E-state index contributed by atoms with van der Waals surface area (Å²) in [7, 11) is 0. The largest absolute Gasteiger partial charge is 0.358 e. The highest BCUT2D eigenvalue weighted by Gasteiger charge is 2.11. The van der Waals surface area contributed by atoms with Crippen LogP contribution in [0.5, 0.6) is 0 Å². The first-order valence-corrected chi connectivity index (χ1v) is 9.82. The number of carbonyl (C=O) groups excluding carboxylic acids is 1. The van der Waals surface area contributed by atoms with Crippen molar-refractivity contribution in [3.63, 3.8) is 0 Å². The summed E-state index contributed by atoms with van der Waals surface area (Å²) >= 11 is 1.55. The first kappa shape index (κ1) is 17.9. The molecule has 3 aromatic carbocycles. The Hall–Kier alpha value is -3.44. The Morgan fingerprint density at radius 2 is 1.89 bits per heavy atom. The Morgan fingerprint density at radius 3 is 2.79 bits per heavy atom. The molecular formula is C23H19N3OS. The van der Waals surface area contributed by atoms with E-state index < -0.39 is 0 Å². The number of fused-ring (bicyclic) bond motifs is 1. The highest BCUT2D eigenvalue weighted by Crippen LogP contribution is 2.27. The molecule has 0 spiro atoms. The highest BCUT2D eigenvalue weighted by atomic mass is 32.1. The van der Waals surface area contributed by atoms with E-state index >= 15 is 0 Å². The van der Waals surface area contributed by atoms with E-state index in [1.54, 1.807) is 17.4 Å². The van der Waals surface area contributed by atoms with E-state index in [9.17, 15) is 4.79 Å². The summed E-state index contributed by atoms with van der Waals surface area (Å²) in [4.78, 5) is 17.4. The zero-order valence-corrected chi connectivity index (χ0v) is 16.0. The van der Waals surface area contributed by atoms with Gasteiger partial charge in [0, 0.05) is 28.7 Å². The number of thiazole rings is 1. The molecule has 0 unspecified atom stereocenters. The molecule has 0 aliphatic carbocycles. The number of rotatable bonds is 6. The molecule has 2 N–H and O–H groups in total. The fourth-order valence-electron chi connectivity index (χ4n) is 3.03. The molecule has 28 heavy (non-hydrogen) atoms. The lowest BCUT2D eigenvalue weighted by molar-refractivity contribution is 0.102. The van der Waals surface area contributed by atoms with Gasteiger partial charge in [-0.15, -0.1) is 17.9 Å². The standard InChI is InChI=1S/C23H19N3OS/c1-2-13-24-23-26-21(15-28-23)17-9-5-10-18(14-17)25-22(27)20-12-6-8-16-7-3-4-11-19(16)20/h2-12,14-15H,1,13H2,(H,24,26)(H,25,27). The van der Waals surface area contributed by atoms with Gasteiger partial charge >= 0.3 is 0 Å². The third-order valence-electron chi connectivity index (χ3n) is 4.35. The fourth-order valence-corrected chi connectivity index (χ4v) is 3.75. The molecule has 0 saturated heterocycles. The number of hydrogen-bond acceptors (Lipinski definition) is 4. The maximum Gasteiger partial charge on any atom is 0.256 e. The van der Waals surface area contributed by atoms with Crippen molar-refractivity contribution in [3.05, 3.63) is 90.3 Å². The molecule has 1 heterocycles. The average molecular weight is 385 g/mol. The molecule has 4 aromatic rings. The quantitative estimate of drug-likeness (QED) is 0.412. The normalized spacial score (nSPS) is 10.6. The van der Waals surface area contributed by atoms with Crippen LogP contribution in [-0.2, 0) is 0 Å². The zero-order valence-electron chi connectivity index (χ0n) is 15.2. The van der Waals surface area contributed by atoms with E-state index in [-0.39, 0.29) is 5.91 Å². The van der Waals surface area contributed by atoms with Crippen LogP contribution in [0.1, 0.15) is 10.4 Å². The van der Waals surface area contributed by atoms with Crippen LogP contribution >= 0.6 is 11.3 Å². The van der Waals surface area contributed by atoms with E-state index in [0.29, 0.717) is 12.1 Å². The Balaban J connectivity index is 1.57. The highest BCUT2D eigenvalue weighted by molar-refractivity contribution is 7.14. The molecule has 0 aliphatic rings. The predicted molar refractivity (Wildman–Crippen MR) is 118 cm³/mol. The second-order valence-electron chi connectivity index (χ2n) is 6.27. The minimum atomic E-state index is -0.124. The molecule has 5 heteroatoms. The predicted octanol–water partition coefficient (Wildman–Crippen LogP) is 5.81. The van der Waals surface area contributed by atoms with E-state index in [1.165, 1.54) is 0 Å². The van der Waals surface area contributed by atoms with Crippen LogP contribution in [0.4, 0.5) is 10.8 Å². The van der Waals surface area contributed by atoms with Crippen LogP contribution in [0.2, 0.25) is 0 Å². The third-order valence-corrected chi connectivity index (χ3v) is 5.15. The molecule has 4 nitrogen and oxygen atoms in total. The number of benzene rings is 3. The van der Waals surface area contributed by atoms with Crippen molar-refractivity contribution in [1.29, 1.82) is 0 Å². The van der Waals surface area contributed by atoms with Gasteiger partial charge in [-0.25, -0.2) is 4.98 Å². The van der Waals surface area contributed by atoms with Crippen LogP contribution in [0.15, 0.2) is 84.8 Å². The number of carbonyl (C=O) groups is 1. The van der Waals surface area contributed by atoms with Crippen molar-refractivity contribution in [2.45, 2.75) is 0 Å². The minimum Gasteiger partial charge on any atom is -0.358 e. The average Bonchev–Trinajstić information content (AvgIpc) is 3.21. The van der Waals surface area contributed by atoms with Gasteiger partial charge in [0.25, 0.3) is 5.91 Å². The first-order valence-electron chi connectivity index (χ1n) is 8.94. The molecule has 0 saturated carbocycles. The topological polar surface area (TPSA) is 54.0 Å². The molecule has 0 bridgehead atoms. The molecule has 0 atom stereocenters. The number of aromatic nitrogens is 1. The first-order chi connectivity index (χ1) is 13.7. The number of anilines is 2. The van der Waals surface area contributed by atoms with Crippen molar-refractivity contribution >= 4 is 38.8 Å². The van der Waals surface area contributed by atoms with Crippen LogP contribution in [-0.4, -0.2) is 17.4 Å². The monoisotopic (exact) mass is 385 g/mol.